The topological polar surface area (TPSA) is 70.8 Å². The lowest BCUT2D eigenvalue weighted by Crippen LogP contribution is -2.38. The third kappa shape index (κ3) is 3.65. The summed E-state index contributed by atoms with van der Waals surface area (Å²) in [6, 6.07) is 14.8. The van der Waals surface area contributed by atoms with Gasteiger partial charge in [0, 0.05) is 25.1 Å². The van der Waals surface area contributed by atoms with Crippen LogP contribution in [0.3, 0.4) is 0 Å². The minimum Gasteiger partial charge on any atom is -0.347 e. The molecule has 6 rings (SSSR count). The zero-order valence-corrected chi connectivity index (χ0v) is 17.6. The summed E-state index contributed by atoms with van der Waals surface area (Å²) < 4.78 is 5.84. The first kappa shape index (κ1) is 18.8. The van der Waals surface area contributed by atoms with Crippen molar-refractivity contribution >= 4 is 10.8 Å². The summed E-state index contributed by atoms with van der Waals surface area (Å²) in [4.78, 5) is 15.2. The Balaban J connectivity index is 1.30. The van der Waals surface area contributed by atoms with Gasteiger partial charge in [-0.15, -0.1) is 0 Å². The number of hydrogen-bond acceptors (Lipinski definition) is 5. The molecule has 0 unspecified atom stereocenters. The molecule has 1 atom stereocenters. The van der Waals surface area contributed by atoms with Gasteiger partial charge in [0.1, 0.15) is 0 Å². The molecule has 2 aromatic carbocycles. The minimum atomic E-state index is 0.0828. The fourth-order valence-electron chi connectivity index (χ4n) is 5.24. The summed E-state index contributed by atoms with van der Waals surface area (Å²) in [5.41, 5.74) is 3.33. The van der Waals surface area contributed by atoms with Crippen molar-refractivity contribution in [3.8, 4) is 11.4 Å². The minimum absolute atomic E-state index is 0.0828. The quantitative estimate of drug-likeness (QED) is 0.492. The van der Waals surface area contributed by atoms with Crippen LogP contribution in [0.1, 0.15) is 55.4 Å². The Kier molecular flexibility index (Phi) is 4.80. The molecule has 1 aliphatic heterocycles. The summed E-state index contributed by atoms with van der Waals surface area (Å²) in [5.74, 6) is 2.11. The molecular formula is C25H27N5O. The zero-order valence-electron chi connectivity index (χ0n) is 17.6. The van der Waals surface area contributed by atoms with E-state index in [1.165, 1.54) is 48.6 Å². The van der Waals surface area contributed by atoms with Crippen molar-refractivity contribution in [1.82, 2.24) is 25.0 Å². The molecule has 3 heterocycles. The first-order chi connectivity index (χ1) is 15.3. The summed E-state index contributed by atoms with van der Waals surface area (Å²) in [5, 5.41) is 6.75. The van der Waals surface area contributed by atoms with E-state index in [2.05, 4.69) is 62.5 Å². The lowest BCUT2D eigenvalue weighted by molar-refractivity contribution is 0.104. The van der Waals surface area contributed by atoms with Crippen molar-refractivity contribution in [2.24, 2.45) is 5.92 Å². The molecule has 2 aromatic heterocycles. The van der Waals surface area contributed by atoms with Crippen LogP contribution in [-0.2, 0) is 13.0 Å². The van der Waals surface area contributed by atoms with E-state index in [-0.39, 0.29) is 6.04 Å². The number of hydrogen-bond donors (Lipinski definition) is 1. The molecule has 1 fully saturated rings. The van der Waals surface area contributed by atoms with Crippen LogP contribution in [0.4, 0.5) is 0 Å². The van der Waals surface area contributed by atoms with Crippen LogP contribution in [0.15, 0.2) is 53.3 Å². The van der Waals surface area contributed by atoms with Gasteiger partial charge in [0.2, 0.25) is 11.7 Å². The number of fused-ring (bicyclic) bond motifs is 2. The van der Waals surface area contributed by atoms with E-state index in [9.17, 15) is 0 Å². The Bertz CT molecular complexity index is 1190. The van der Waals surface area contributed by atoms with Gasteiger partial charge in [-0.25, -0.2) is 4.98 Å². The van der Waals surface area contributed by atoms with Gasteiger partial charge in [0.25, 0.3) is 0 Å². The highest BCUT2D eigenvalue weighted by Crippen LogP contribution is 2.35. The van der Waals surface area contributed by atoms with Crippen molar-refractivity contribution < 1.29 is 4.52 Å². The van der Waals surface area contributed by atoms with Gasteiger partial charge >= 0.3 is 0 Å². The monoisotopic (exact) mass is 413 g/mol. The normalized spacial score (nSPS) is 20.2. The molecule has 1 saturated carbocycles. The Morgan fingerprint density at radius 3 is 2.81 bits per heavy atom. The maximum absolute atomic E-state index is 5.84. The lowest BCUT2D eigenvalue weighted by Gasteiger charge is -2.36. The predicted octanol–water partition coefficient (Wildman–Crippen LogP) is 5.29. The molecule has 2 aliphatic rings. The number of aromatic nitrogens is 4. The van der Waals surface area contributed by atoms with Crippen LogP contribution in [-0.4, -0.2) is 31.6 Å². The van der Waals surface area contributed by atoms with Gasteiger partial charge in [0.15, 0.2) is 0 Å². The Labute approximate surface area is 181 Å². The summed E-state index contributed by atoms with van der Waals surface area (Å²) in [6.07, 6.45) is 9.35. The molecule has 0 bridgehead atoms. The fourth-order valence-corrected chi connectivity index (χ4v) is 5.24. The van der Waals surface area contributed by atoms with E-state index in [1.54, 1.807) is 6.33 Å². The maximum atomic E-state index is 5.84. The number of nitrogens with one attached hydrogen (secondary N) is 1. The van der Waals surface area contributed by atoms with Gasteiger partial charge < -0.3 is 9.51 Å². The van der Waals surface area contributed by atoms with E-state index < -0.39 is 0 Å². The average Bonchev–Trinajstić information content (AvgIpc) is 3.48. The largest absolute Gasteiger partial charge is 0.347 e. The standard InChI is InChI=1S/C25H27N5O/c1-2-6-17(7-3-1)14-30-15-22-21(26-16-27-22)13-23(30)25-28-24(29-31-25)20-11-10-18-8-4-5-9-19(18)12-20/h4-5,8-12,16-17,23H,1-3,6-7,13-15H2,(H,26,27)/t23-/m0/s1. The molecule has 31 heavy (non-hydrogen) atoms. The molecule has 1 N–H and O–H groups in total. The number of nitrogens with zero attached hydrogens (tertiary/aromatic N) is 4. The van der Waals surface area contributed by atoms with Crippen LogP contribution in [0.2, 0.25) is 0 Å². The first-order valence-electron chi connectivity index (χ1n) is 11.4. The summed E-state index contributed by atoms with van der Waals surface area (Å²) >= 11 is 0. The lowest BCUT2D eigenvalue weighted by atomic mass is 9.88. The van der Waals surface area contributed by atoms with Crippen molar-refractivity contribution in [2.75, 3.05) is 6.54 Å². The highest BCUT2D eigenvalue weighted by molar-refractivity contribution is 5.86. The molecule has 4 aromatic rings. The third-order valence-corrected chi connectivity index (χ3v) is 6.95. The smallest absolute Gasteiger partial charge is 0.244 e. The van der Waals surface area contributed by atoms with Crippen molar-refractivity contribution in [3.05, 3.63) is 66.1 Å². The predicted molar refractivity (Wildman–Crippen MR) is 119 cm³/mol. The van der Waals surface area contributed by atoms with Crippen molar-refractivity contribution in [1.29, 1.82) is 0 Å². The van der Waals surface area contributed by atoms with Gasteiger partial charge in [0.05, 0.1) is 23.8 Å². The number of benzene rings is 2. The van der Waals surface area contributed by atoms with E-state index in [4.69, 9.17) is 9.51 Å². The molecule has 0 radical (unpaired) electrons. The maximum Gasteiger partial charge on any atom is 0.244 e. The summed E-state index contributed by atoms with van der Waals surface area (Å²) in [7, 11) is 0. The third-order valence-electron chi connectivity index (χ3n) is 6.95. The summed E-state index contributed by atoms with van der Waals surface area (Å²) in [6.45, 7) is 1.95. The van der Waals surface area contributed by atoms with Crippen LogP contribution in [0.25, 0.3) is 22.2 Å². The fraction of sp³-hybridized carbons (Fsp3) is 0.400. The van der Waals surface area contributed by atoms with E-state index in [1.807, 2.05) is 0 Å². The Morgan fingerprint density at radius 2 is 1.90 bits per heavy atom. The number of aromatic amines is 1. The van der Waals surface area contributed by atoms with Gasteiger partial charge in [-0.1, -0.05) is 60.8 Å². The molecule has 0 amide bonds. The van der Waals surface area contributed by atoms with Crippen molar-refractivity contribution in [3.63, 3.8) is 0 Å². The van der Waals surface area contributed by atoms with Gasteiger partial charge in [-0.2, -0.15) is 4.98 Å². The number of rotatable bonds is 4. The highest BCUT2D eigenvalue weighted by Gasteiger charge is 2.34. The second kappa shape index (κ2) is 7.93. The molecule has 0 spiro atoms. The second-order valence-corrected chi connectivity index (χ2v) is 9.00. The van der Waals surface area contributed by atoms with Crippen LogP contribution in [0.5, 0.6) is 0 Å². The van der Waals surface area contributed by atoms with Gasteiger partial charge in [-0.3, -0.25) is 4.90 Å². The molecular weight excluding hydrogens is 386 g/mol. The molecule has 6 heteroatoms. The van der Waals surface area contributed by atoms with Crippen LogP contribution >= 0.6 is 0 Å². The van der Waals surface area contributed by atoms with Crippen LogP contribution < -0.4 is 0 Å². The number of imidazole rings is 1. The van der Waals surface area contributed by atoms with Crippen molar-refractivity contribution in [2.45, 2.75) is 51.1 Å². The Hall–Kier alpha value is -2.99. The van der Waals surface area contributed by atoms with E-state index in [0.717, 1.165) is 36.7 Å². The molecule has 158 valence electrons. The molecule has 1 aliphatic carbocycles. The highest BCUT2D eigenvalue weighted by atomic mass is 16.5. The molecule has 6 nitrogen and oxygen atoms in total. The molecule has 0 saturated heterocycles. The SMILES string of the molecule is c1ccc2cc(-c3noc([C@@H]4Cc5nc[nH]c5CN4CC4CCCCC4)n3)ccc2c1. The van der Waals surface area contributed by atoms with E-state index >= 15 is 0 Å². The zero-order chi connectivity index (χ0) is 20.6. The second-order valence-electron chi connectivity index (χ2n) is 9.00. The number of H-pyrrole nitrogens is 1. The first-order valence-corrected chi connectivity index (χ1v) is 11.4. The van der Waals surface area contributed by atoms with E-state index in [0.29, 0.717) is 11.7 Å². The van der Waals surface area contributed by atoms with Gasteiger partial charge in [-0.05, 0) is 35.6 Å². The average molecular weight is 414 g/mol. The van der Waals surface area contributed by atoms with Crippen LogP contribution in [0, 0.1) is 5.92 Å². The Morgan fingerprint density at radius 1 is 1.03 bits per heavy atom.